The van der Waals surface area contributed by atoms with Crippen LogP contribution in [0.1, 0.15) is 21.6 Å². The molecule has 1 N–H and O–H groups in total. The molecule has 0 unspecified atom stereocenters. The van der Waals surface area contributed by atoms with E-state index in [9.17, 15) is 4.79 Å². The predicted molar refractivity (Wildman–Crippen MR) is 103 cm³/mol. The van der Waals surface area contributed by atoms with Crippen molar-refractivity contribution in [2.75, 3.05) is 5.32 Å². The van der Waals surface area contributed by atoms with Crippen molar-refractivity contribution in [3.63, 3.8) is 0 Å². The average molecular weight is 342 g/mol. The Balaban J connectivity index is 1.69. The van der Waals surface area contributed by atoms with Gasteiger partial charge in [-0.05, 0) is 49.7 Å². The number of hydrogen-bond acceptors (Lipinski definition) is 3. The van der Waals surface area contributed by atoms with E-state index in [1.165, 1.54) is 0 Å². The summed E-state index contributed by atoms with van der Waals surface area (Å²) in [7, 11) is 0. The van der Waals surface area contributed by atoms with Gasteiger partial charge in [0.2, 0.25) is 0 Å². The Morgan fingerprint density at radius 3 is 2.65 bits per heavy atom. The van der Waals surface area contributed by atoms with E-state index in [-0.39, 0.29) is 5.91 Å². The van der Waals surface area contributed by atoms with Gasteiger partial charge in [0.1, 0.15) is 0 Å². The van der Waals surface area contributed by atoms with Gasteiger partial charge in [-0.25, -0.2) is 4.68 Å². The van der Waals surface area contributed by atoms with Crippen LogP contribution in [0, 0.1) is 13.8 Å². The first kappa shape index (κ1) is 16.0. The van der Waals surface area contributed by atoms with Crippen LogP contribution in [0.4, 0.5) is 5.69 Å². The van der Waals surface area contributed by atoms with Crippen LogP contribution in [-0.2, 0) is 0 Å². The number of nitrogens with zero attached hydrogens (tertiary/aromatic N) is 3. The zero-order valence-electron chi connectivity index (χ0n) is 14.6. The normalized spacial score (nSPS) is 10.8. The Kier molecular flexibility index (Phi) is 3.97. The summed E-state index contributed by atoms with van der Waals surface area (Å²) in [5, 5.41) is 8.36. The van der Waals surface area contributed by atoms with Crippen LogP contribution in [0.2, 0.25) is 0 Å². The number of fused-ring (bicyclic) bond motifs is 1. The third-order valence-corrected chi connectivity index (χ3v) is 4.35. The molecule has 0 aliphatic heterocycles. The van der Waals surface area contributed by atoms with Crippen molar-refractivity contribution < 1.29 is 4.79 Å². The molecular formula is C21H18N4O. The predicted octanol–water partition coefficient (Wildman–Crippen LogP) is 4.29. The lowest BCUT2D eigenvalue weighted by atomic mass is 10.1. The van der Waals surface area contributed by atoms with E-state index in [0.29, 0.717) is 11.3 Å². The minimum Gasteiger partial charge on any atom is -0.320 e. The topological polar surface area (TPSA) is 59.8 Å². The van der Waals surface area contributed by atoms with E-state index in [2.05, 4.69) is 21.5 Å². The third kappa shape index (κ3) is 2.84. The van der Waals surface area contributed by atoms with Gasteiger partial charge in [0.15, 0.2) is 0 Å². The first-order valence-corrected chi connectivity index (χ1v) is 8.40. The summed E-state index contributed by atoms with van der Waals surface area (Å²) in [4.78, 5) is 17.3. The highest BCUT2D eigenvalue weighted by Gasteiger charge is 2.16. The maximum absolute atomic E-state index is 12.8. The number of anilines is 1. The van der Waals surface area contributed by atoms with Crippen LogP contribution in [0.15, 0.2) is 67.0 Å². The molecule has 4 rings (SSSR count). The van der Waals surface area contributed by atoms with Gasteiger partial charge >= 0.3 is 0 Å². The molecule has 0 aliphatic carbocycles. The first-order chi connectivity index (χ1) is 12.6. The number of amides is 1. The Labute approximate surface area is 151 Å². The highest BCUT2D eigenvalue weighted by Crippen LogP contribution is 2.24. The van der Waals surface area contributed by atoms with Gasteiger partial charge in [-0.1, -0.05) is 24.3 Å². The number of nitrogens with one attached hydrogen (secondary N) is 1. The van der Waals surface area contributed by atoms with Crippen LogP contribution in [0.3, 0.4) is 0 Å². The van der Waals surface area contributed by atoms with Crippen molar-refractivity contribution in [2.24, 2.45) is 0 Å². The second-order valence-corrected chi connectivity index (χ2v) is 6.23. The summed E-state index contributed by atoms with van der Waals surface area (Å²) in [5.41, 5.74) is 4.80. The van der Waals surface area contributed by atoms with Gasteiger partial charge in [-0.3, -0.25) is 9.78 Å². The zero-order valence-corrected chi connectivity index (χ0v) is 14.6. The number of para-hydroxylation sites is 1. The lowest BCUT2D eigenvalue weighted by Crippen LogP contribution is -2.13. The van der Waals surface area contributed by atoms with Crippen LogP contribution < -0.4 is 5.32 Å². The van der Waals surface area contributed by atoms with Crippen molar-refractivity contribution in [3.05, 3.63) is 83.8 Å². The number of benzene rings is 2. The molecule has 0 saturated carbocycles. The highest BCUT2D eigenvalue weighted by molar-refractivity contribution is 6.09. The Bertz CT molecular complexity index is 1100. The molecule has 1 amide bonds. The van der Waals surface area contributed by atoms with Gasteiger partial charge in [-0.15, -0.1) is 0 Å². The molecule has 0 bridgehead atoms. The highest BCUT2D eigenvalue weighted by atomic mass is 16.1. The zero-order chi connectivity index (χ0) is 18.1. The molecule has 26 heavy (non-hydrogen) atoms. The summed E-state index contributed by atoms with van der Waals surface area (Å²) >= 11 is 0. The van der Waals surface area contributed by atoms with E-state index >= 15 is 0 Å². The number of carbonyl (C=O) groups excluding carboxylic acids is 1. The Morgan fingerprint density at radius 2 is 1.85 bits per heavy atom. The molecule has 2 aromatic heterocycles. The monoisotopic (exact) mass is 342 g/mol. The fraction of sp³-hybridized carbons (Fsp3) is 0.0952. The molecular weight excluding hydrogens is 324 g/mol. The average Bonchev–Trinajstić information content (AvgIpc) is 3.04. The van der Waals surface area contributed by atoms with E-state index in [0.717, 1.165) is 27.8 Å². The van der Waals surface area contributed by atoms with Crippen LogP contribution >= 0.6 is 0 Å². The number of aromatic nitrogens is 3. The second-order valence-electron chi connectivity index (χ2n) is 6.23. The van der Waals surface area contributed by atoms with Crippen molar-refractivity contribution in [1.29, 1.82) is 0 Å². The molecule has 128 valence electrons. The maximum atomic E-state index is 12.8. The molecule has 5 nitrogen and oxygen atoms in total. The number of pyridine rings is 1. The lowest BCUT2D eigenvalue weighted by Gasteiger charge is -2.10. The smallest absolute Gasteiger partial charge is 0.259 e. The number of hydrogen-bond donors (Lipinski definition) is 1. The largest absolute Gasteiger partial charge is 0.320 e. The molecule has 0 spiro atoms. The fourth-order valence-corrected chi connectivity index (χ4v) is 3.09. The number of rotatable bonds is 3. The van der Waals surface area contributed by atoms with E-state index < -0.39 is 0 Å². The molecule has 0 saturated heterocycles. The summed E-state index contributed by atoms with van der Waals surface area (Å²) in [6.07, 6.45) is 3.33. The van der Waals surface area contributed by atoms with E-state index in [4.69, 9.17) is 0 Å². The maximum Gasteiger partial charge on any atom is 0.259 e. The van der Waals surface area contributed by atoms with Crippen molar-refractivity contribution in [3.8, 4) is 5.69 Å². The molecule has 2 heterocycles. The van der Waals surface area contributed by atoms with Gasteiger partial charge in [0, 0.05) is 11.6 Å². The fourth-order valence-electron chi connectivity index (χ4n) is 3.09. The third-order valence-electron chi connectivity index (χ3n) is 4.35. The van der Waals surface area contributed by atoms with Crippen molar-refractivity contribution >= 4 is 22.5 Å². The Hall–Kier alpha value is -3.47. The van der Waals surface area contributed by atoms with Gasteiger partial charge in [0.25, 0.3) is 5.91 Å². The minimum absolute atomic E-state index is 0.192. The molecule has 5 heteroatoms. The van der Waals surface area contributed by atoms with E-state index in [1.54, 1.807) is 17.1 Å². The van der Waals surface area contributed by atoms with E-state index in [1.807, 2.05) is 62.4 Å². The quantitative estimate of drug-likeness (QED) is 0.604. The molecule has 0 aliphatic rings. The van der Waals surface area contributed by atoms with Crippen LogP contribution in [0.25, 0.3) is 16.6 Å². The standard InChI is InChI=1S/C21H18N4O/c1-14-11-16-7-6-10-22-20(16)19(12-14)24-21(26)18-13-23-25(15(18)2)17-8-4-3-5-9-17/h3-13H,1-2H3,(H,24,26). The number of carbonyl (C=O) groups is 1. The molecule has 4 aromatic rings. The van der Waals surface area contributed by atoms with Gasteiger partial charge in [0.05, 0.1) is 34.3 Å². The summed E-state index contributed by atoms with van der Waals surface area (Å²) < 4.78 is 1.77. The van der Waals surface area contributed by atoms with Crippen LogP contribution in [0.5, 0.6) is 0 Å². The Morgan fingerprint density at radius 1 is 1.04 bits per heavy atom. The molecule has 0 fully saturated rings. The minimum atomic E-state index is -0.192. The number of aryl methyl sites for hydroxylation is 1. The second kappa shape index (κ2) is 6.44. The summed E-state index contributed by atoms with van der Waals surface area (Å²) in [5.74, 6) is -0.192. The van der Waals surface area contributed by atoms with Gasteiger partial charge < -0.3 is 5.32 Å². The van der Waals surface area contributed by atoms with Crippen molar-refractivity contribution in [1.82, 2.24) is 14.8 Å². The first-order valence-electron chi connectivity index (χ1n) is 8.40. The van der Waals surface area contributed by atoms with Crippen LogP contribution in [-0.4, -0.2) is 20.7 Å². The molecule has 0 radical (unpaired) electrons. The molecule has 2 aromatic carbocycles. The SMILES string of the molecule is Cc1cc(NC(=O)c2cnn(-c3ccccc3)c2C)c2ncccc2c1. The van der Waals surface area contributed by atoms with Gasteiger partial charge in [-0.2, -0.15) is 5.10 Å². The van der Waals surface area contributed by atoms with Crippen molar-refractivity contribution in [2.45, 2.75) is 13.8 Å². The molecule has 0 atom stereocenters. The summed E-state index contributed by atoms with van der Waals surface area (Å²) in [6.45, 7) is 3.89. The summed E-state index contributed by atoms with van der Waals surface area (Å²) in [6, 6.07) is 17.6. The lowest BCUT2D eigenvalue weighted by molar-refractivity contribution is 0.102.